The van der Waals surface area contributed by atoms with Crippen LogP contribution in [0.5, 0.6) is 0 Å². The molecule has 1 saturated carbocycles. The van der Waals surface area contributed by atoms with Gasteiger partial charge in [-0.25, -0.2) is 9.78 Å². The van der Waals surface area contributed by atoms with Crippen LogP contribution in [0.15, 0.2) is 52.5 Å². The lowest BCUT2D eigenvalue weighted by Crippen LogP contribution is -2.32. The van der Waals surface area contributed by atoms with E-state index < -0.39 is 5.97 Å². The fraction of sp³-hybridized carbons (Fsp3) is 0.259. The number of aryl methyl sites for hydroxylation is 1. The number of hydrogen-bond donors (Lipinski definition) is 1. The van der Waals surface area contributed by atoms with Gasteiger partial charge in [0, 0.05) is 15.4 Å². The zero-order valence-corrected chi connectivity index (χ0v) is 21.2. The maximum absolute atomic E-state index is 13.2. The van der Waals surface area contributed by atoms with Crippen molar-refractivity contribution in [1.82, 2.24) is 4.98 Å². The number of allylic oxidation sites excluding steroid dienone is 2. The van der Waals surface area contributed by atoms with E-state index in [-0.39, 0.29) is 41.0 Å². The molecule has 0 radical (unpaired) electrons. The summed E-state index contributed by atoms with van der Waals surface area (Å²) in [6.45, 7) is 3.84. The Hall–Kier alpha value is -3.03. The normalized spacial score (nSPS) is 24.9. The number of carboxylic acids is 1. The predicted molar refractivity (Wildman–Crippen MR) is 136 cm³/mol. The summed E-state index contributed by atoms with van der Waals surface area (Å²) in [5.41, 5.74) is 4.19. The number of anilines is 1. The van der Waals surface area contributed by atoms with E-state index in [0.717, 1.165) is 6.42 Å². The molecule has 2 aromatic carbocycles. The van der Waals surface area contributed by atoms with Crippen LogP contribution < -0.4 is 4.90 Å². The van der Waals surface area contributed by atoms with Crippen LogP contribution in [0.3, 0.4) is 0 Å². The molecule has 2 amide bonds. The van der Waals surface area contributed by atoms with Gasteiger partial charge in [-0.15, -0.1) is 0 Å². The van der Waals surface area contributed by atoms with Crippen molar-refractivity contribution in [2.24, 2.45) is 23.7 Å². The highest BCUT2D eigenvalue weighted by atomic mass is 79.9. The van der Waals surface area contributed by atoms with Crippen molar-refractivity contribution in [3.8, 4) is 11.3 Å². The van der Waals surface area contributed by atoms with E-state index in [1.54, 1.807) is 37.3 Å². The van der Waals surface area contributed by atoms with Crippen LogP contribution in [-0.4, -0.2) is 27.9 Å². The zero-order valence-electron chi connectivity index (χ0n) is 18.9. The number of fused-ring (bicyclic) bond motifs is 6. The third kappa shape index (κ3) is 3.14. The second-order valence-corrected chi connectivity index (χ2v) is 10.8. The quantitative estimate of drug-likeness (QED) is 0.317. The number of carbonyl (C=O) groups is 3. The lowest BCUT2D eigenvalue weighted by molar-refractivity contribution is -0.123. The lowest BCUT2D eigenvalue weighted by Gasteiger charge is -2.19. The summed E-state index contributed by atoms with van der Waals surface area (Å²) in [6.07, 6.45) is 3.05. The molecule has 1 N–H and O–H groups in total. The van der Waals surface area contributed by atoms with Crippen molar-refractivity contribution in [2.75, 3.05) is 4.90 Å². The smallest absolute Gasteiger partial charge is 0.336 e. The third-order valence-electron chi connectivity index (χ3n) is 7.76. The Morgan fingerprint density at radius 2 is 1.80 bits per heavy atom. The molecule has 2 heterocycles. The van der Waals surface area contributed by atoms with E-state index in [9.17, 15) is 19.5 Å². The van der Waals surface area contributed by atoms with Gasteiger partial charge in [0.2, 0.25) is 11.8 Å². The summed E-state index contributed by atoms with van der Waals surface area (Å²) in [4.78, 5) is 44.5. The molecule has 176 valence electrons. The minimum atomic E-state index is -1.07. The first kappa shape index (κ1) is 22.4. The minimum Gasteiger partial charge on any atom is -0.478 e. The number of carbonyl (C=O) groups excluding carboxylic acids is 2. The Balaban J connectivity index is 1.38. The Morgan fingerprint density at radius 1 is 1.11 bits per heavy atom. The first-order chi connectivity index (χ1) is 16.7. The minimum absolute atomic E-state index is 0.116. The van der Waals surface area contributed by atoms with Crippen LogP contribution in [-0.2, 0) is 9.59 Å². The van der Waals surface area contributed by atoms with Crippen molar-refractivity contribution < 1.29 is 19.5 Å². The average molecular weight is 552 g/mol. The number of aromatic carboxylic acids is 1. The highest BCUT2D eigenvalue weighted by Gasteiger charge is 2.60. The topological polar surface area (TPSA) is 87.6 Å². The second kappa shape index (κ2) is 7.73. The van der Waals surface area contributed by atoms with Gasteiger partial charge in [-0.3, -0.25) is 14.5 Å². The monoisotopic (exact) mass is 550 g/mol. The number of carboxylic acid groups (broad SMARTS) is 1. The van der Waals surface area contributed by atoms with E-state index in [1.165, 1.54) is 16.5 Å². The van der Waals surface area contributed by atoms with Gasteiger partial charge in [0.1, 0.15) is 0 Å². The molecular weight excluding hydrogens is 532 g/mol. The van der Waals surface area contributed by atoms with E-state index >= 15 is 0 Å². The maximum atomic E-state index is 13.2. The summed E-state index contributed by atoms with van der Waals surface area (Å²) >= 11 is 9.75. The number of nitrogens with zero attached hydrogens (tertiary/aromatic N) is 2. The van der Waals surface area contributed by atoms with Crippen molar-refractivity contribution in [3.05, 3.63) is 68.7 Å². The van der Waals surface area contributed by atoms with Crippen molar-refractivity contribution >= 4 is 61.9 Å². The highest BCUT2D eigenvalue weighted by Crippen LogP contribution is 2.56. The summed E-state index contributed by atoms with van der Waals surface area (Å²) in [5, 5.41) is 10.8. The third-order valence-corrected chi connectivity index (χ3v) is 9.10. The van der Waals surface area contributed by atoms with E-state index in [4.69, 9.17) is 16.6 Å². The fourth-order valence-corrected chi connectivity index (χ4v) is 6.77. The Morgan fingerprint density at radius 3 is 2.49 bits per heavy atom. The predicted octanol–water partition coefficient (Wildman–Crippen LogP) is 6.03. The van der Waals surface area contributed by atoms with E-state index in [1.807, 2.05) is 6.92 Å². The van der Waals surface area contributed by atoms with E-state index in [2.05, 4.69) is 22.0 Å². The molecule has 1 aliphatic heterocycles. The number of imide groups is 1. The zero-order chi connectivity index (χ0) is 24.8. The molecule has 1 saturated heterocycles. The molecular formula is C27H20BrClN2O4. The Bertz CT molecular complexity index is 1510. The van der Waals surface area contributed by atoms with Gasteiger partial charge < -0.3 is 5.11 Å². The van der Waals surface area contributed by atoms with Crippen LogP contribution in [0.25, 0.3) is 22.2 Å². The van der Waals surface area contributed by atoms with Crippen molar-refractivity contribution in [2.45, 2.75) is 20.3 Å². The lowest BCUT2D eigenvalue weighted by atomic mass is 9.82. The van der Waals surface area contributed by atoms with Gasteiger partial charge in [0.25, 0.3) is 0 Å². The van der Waals surface area contributed by atoms with Gasteiger partial charge in [-0.2, -0.15) is 0 Å². The molecule has 1 aromatic heterocycles. The molecule has 0 spiro atoms. The van der Waals surface area contributed by atoms with Crippen LogP contribution in [0.4, 0.5) is 5.69 Å². The number of pyridine rings is 1. The van der Waals surface area contributed by atoms with Gasteiger partial charge in [-0.1, -0.05) is 35.4 Å². The number of hydrogen-bond acceptors (Lipinski definition) is 4. The maximum Gasteiger partial charge on any atom is 0.336 e. The van der Waals surface area contributed by atoms with Crippen LogP contribution >= 0.6 is 27.5 Å². The molecule has 35 heavy (non-hydrogen) atoms. The number of rotatable bonds is 3. The number of amides is 2. The summed E-state index contributed by atoms with van der Waals surface area (Å²) in [5.74, 6) is -1.53. The van der Waals surface area contributed by atoms with Crippen molar-refractivity contribution in [1.29, 1.82) is 0 Å². The van der Waals surface area contributed by atoms with Crippen molar-refractivity contribution in [3.63, 3.8) is 0 Å². The molecule has 4 atom stereocenters. The number of aromatic nitrogens is 1. The van der Waals surface area contributed by atoms with Crippen LogP contribution in [0, 0.1) is 30.6 Å². The molecule has 2 bridgehead atoms. The van der Waals surface area contributed by atoms with Crippen LogP contribution in [0.1, 0.15) is 29.3 Å². The summed E-state index contributed by atoms with van der Waals surface area (Å²) in [7, 11) is 0. The molecule has 3 aliphatic rings. The number of benzene rings is 2. The SMILES string of the molecule is CC1=CC2CC1C1C(=O)N(c3ccc(-c4cc(C(=O)O)c5cc(Br)c(Cl)c(C)c5n4)cc3)C(=O)C21. The van der Waals surface area contributed by atoms with Crippen LogP contribution in [0.2, 0.25) is 5.02 Å². The molecule has 3 aromatic rings. The molecule has 8 heteroatoms. The summed E-state index contributed by atoms with van der Waals surface area (Å²) < 4.78 is 0.606. The summed E-state index contributed by atoms with van der Waals surface area (Å²) in [6, 6.07) is 10.2. The van der Waals surface area contributed by atoms with Gasteiger partial charge >= 0.3 is 5.97 Å². The first-order valence-electron chi connectivity index (χ1n) is 11.4. The Kier molecular flexibility index (Phi) is 4.96. The molecule has 6 rings (SSSR count). The molecule has 4 unspecified atom stereocenters. The van der Waals surface area contributed by atoms with Gasteiger partial charge in [0.15, 0.2) is 0 Å². The highest BCUT2D eigenvalue weighted by molar-refractivity contribution is 9.10. The molecule has 2 fully saturated rings. The largest absolute Gasteiger partial charge is 0.478 e. The standard InChI is InChI=1S/C27H20BrClN2O4/c1-11-7-14-8-16(11)22-21(14)25(32)31(26(22)33)15-5-3-13(4-6-15)20-10-18(27(34)35)17-9-19(28)23(29)12(2)24(17)30-20/h3-7,9-10,14,16,21-22H,8H2,1-2H3,(H,34,35). The van der Waals surface area contributed by atoms with Gasteiger partial charge in [0.05, 0.1) is 39.3 Å². The molecule has 6 nitrogen and oxygen atoms in total. The fourth-order valence-electron chi connectivity index (χ4n) is 6.09. The van der Waals surface area contributed by atoms with E-state index in [0.29, 0.717) is 42.9 Å². The molecule has 2 aliphatic carbocycles. The number of halogens is 2. The second-order valence-electron chi connectivity index (χ2n) is 9.58. The Labute approximate surface area is 214 Å². The average Bonchev–Trinajstić information content (AvgIpc) is 3.47. The van der Waals surface area contributed by atoms with Gasteiger partial charge in [-0.05, 0) is 77.9 Å². The first-order valence-corrected chi connectivity index (χ1v) is 12.5.